The van der Waals surface area contributed by atoms with Gasteiger partial charge in [0.25, 0.3) is 0 Å². The molecule has 0 bridgehead atoms. The first-order chi connectivity index (χ1) is 14.2. The van der Waals surface area contributed by atoms with Crippen LogP contribution in [0.25, 0.3) is 5.69 Å². The molecule has 0 aliphatic carbocycles. The van der Waals surface area contributed by atoms with Crippen LogP contribution >= 0.6 is 0 Å². The molecule has 0 aliphatic heterocycles. The summed E-state index contributed by atoms with van der Waals surface area (Å²) in [5.41, 5.74) is 1.70. The van der Waals surface area contributed by atoms with Crippen LogP contribution in [0.4, 0.5) is 4.79 Å². The van der Waals surface area contributed by atoms with Gasteiger partial charge in [-0.15, -0.1) is 0 Å². The van der Waals surface area contributed by atoms with Crippen molar-refractivity contribution in [1.29, 1.82) is 0 Å². The number of aromatic nitrogens is 2. The summed E-state index contributed by atoms with van der Waals surface area (Å²) in [5, 5.41) is 4.73. The van der Waals surface area contributed by atoms with Gasteiger partial charge >= 0.3 is 6.09 Å². The normalized spacial score (nSPS) is 11.2. The van der Waals surface area contributed by atoms with Crippen molar-refractivity contribution in [2.24, 2.45) is 4.99 Å². The van der Waals surface area contributed by atoms with Gasteiger partial charge in [-0.1, -0.05) is 37.3 Å². The number of nitrogens with zero attached hydrogens (tertiary/aromatic N) is 3. The lowest BCUT2D eigenvalue weighted by molar-refractivity contribution is 0.150. The minimum absolute atomic E-state index is 0.121. The van der Waals surface area contributed by atoms with Crippen molar-refractivity contribution in [3.63, 3.8) is 0 Å². The molecule has 0 spiro atoms. The molecule has 150 valence electrons. The van der Waals surface area contributed by atoms with Crippen molar-refractivity contribution in [1.82, 2.24) is 9.78 Å². The maximum absolute atomic E-state index is 12.1. The van der Waals surface area contributed by atoms with Gasteiger partial charge in [-0.05, 0) is 36.2 Å². The van der Waals surface area contributed by atoms with Crippen LogP contribution in [-0.2, 0) is 11.3 Å². The van der Waals surface area contributed by atoms with E-state index in [4.69, 9.17) is 14.2 Å². The molecule has 1 amide bonds. The number of methoxy groups -OCH3 is 1. The van der Waals surface area contributed by atoms with E-state index < -0.39 is 6.09 Å². The van der Waals surface area contributed by atoms with Gasteiger partial charge in [0.15, 0.2) is 0 Å². The van der Waals surface area contributed by atoms with Gasteiger partial charge < -0.3 is 14.2 Å². The number of ether oxygens (including phenoxy) is 3. The van der Waals surface area contributed by atoms with Crippen LogP contribution in [-0.4, -0.2) is 29.6 Å². The van der Waals surface area contributed by atoms with Gasteiger partial charge in [0.2, 0.25) is 5.88 Å². The van der Waals surface area contributed by atoms with E-state index in [1.807, 2.05) is 49.4 Å². The van der Waals surface area contributed by atoms with Crippen LogP contribution in [0.1, 0.15) is 18.9 Å². The zero-order chi connectivity index (χ0) is 20.5. The number of para-hydroxylation sites is 1. The van der Waals surface area contributed by atoms with Crippen molar-refractivity contribution in [2.45, 2.75) is 20.0 Å². The molecule has 0 saturated carbocycles. The van der Waals surface area contributed by atoms with E-state index in [0.29, 0.717) is 17.8 Å². The molecule has 29 heavy (non-hydrogen) atoms. The standard InChI is InChI=1S/C22H23N3O4/c1-3-13-28-21-14-18(15-23-25(21)19-7-5-4-6-8-19)24-22(26)29-16-17-9-11-20(27-2)12-10-17/h4-12,14-15H,3,13,16H2,1-2H3. The van der Waals surface area contributed by atoms with E-state index in [1.165, 1.54) is 6.20 Å². The number of carbonyl (C=O) groups excluding carboxylic acids is 1. The van der Waals surface area contributed by atoms with Gasteiger partial charge in [0.05, 0.1) is 31.0 Å². The molecule has 0 radical (unpaired) electrons. The lowest BCUT2D eigenvalue weighted by atomic mass is 10.2. The van der Waals surface area contributed by atoms with E-state index in [9.17, 15) is 4.79 Å². The lowest BCUT2D eigenvalue weighted by Gasteiger charge is -2.12. The number of rotatable bonds is 7. The Morgan fingerprint density at radius 2 is 1.86 bits per heavy atom. The smallest absolute Gasteiger partial charge is 0.434 e. The Bertz CT molecular complexity index is 999. The SMILES string of the molecule is CCCOc1cc(=NC(=O)OCc2ccc(OC)cc2)cnn1-c1ccccc1. The summed E-state index contributed by atoms with van der Waals surface area (Å²) in [6.07, 6.45) is 1.65. The molecule has 3 rings (SSSR count). The fraction of sp³-hybridized carbons (Fsp3) is 0.227. The number of hydrogen-bond donors (Lipinski definition) is 0. The second kappa shape index (κ2) is 10.1. The van der Waals surface area contributed by atoms with Crippen molar-refractivity contribution < 1.29 is 19.0 Å². The zero-order valence-electron chi connectivity index (χ0n) is 16.4. The van der Waals surface area contributed by atoms with Crippen molar-refractivity contribution in [2.75, 3.05) is 13.7 Å². The molecular weight excluding hydrogens is 370 g/mol. The van der Waals surface area contributed by atoms with Gasteiger partial charge in [0, 0.05) is 6.07 Å². The average molecular weight is 393 g/mol. The highest BCUT2D eigenvalue weighted by atomic mass is 16.5. The molecule has 1 heterocycles. The average Bonchev–Trinajstić information content (AvgIpc) is 2.77. The molecule has 7 heteroatoms. The second-order valence-corrected chi connectivity index (χ2v) is 6.16. The lowest BCUT2D eigenvalue weighted by Crippen LogP contribution is -2.16. The first-order valence-electron chi connectivity index (χ1n) is 9.31. The first kappa shape index (κ1) is 20.1. The Morgan fingerprint density at radius 3 is 2.55 bits per heavy atom. The summed E-state index contributed by atoms with van der Waals surface area (Å²) in [7, 11) is 1.60. The molecule has 1 aromatic heterocycles. The third-order valence-corrected chi connectivity index (χ3v) is 3.98. The molecule has 0 unspecified atom stereocenters. The van der Waals surface area contributed by atoms with Gasteiger partial charge in [0.1, 0.15) is 12.4 Å². The Balaban J connectivity index is 1.75. The Kier molecular flexibility index (Phi) is 7.00. The highest BCUT2D eigenvalue weighted by Gasteiger charge is 2.07. The fourth-order valence-electron chi connectivity index (χ4n) is 2.54. The summed E-state index contributed by atoms with van der Waals surface area (Å²) in [6.45, 7) is 2.67. The van der Waals surface area contributed by atoms with Crippen LogP contribution < -0.4 is 14.8 Å². The number of carbonyl (C=O) groups is 1. The van der Waals surface area contributed by atoms with E-state index in [2.05, 4.69) is 10.1 Å². The highest BCUT2D eigenvalue weighted by molar-refractivity contribution is 5.68. The van der Waals surface area contributed by atoms with Crippen LogP contribution in [0.5, 0.6) is 11.6 Å². The minimum atomic E-state index is -0.693. The Hall–Kier alpha value is -3.61. The van der Waals surface area contributed by atoms with Crippen molar-refractivity contribution in [3.05, 3.63) is 77.8 Å². The molecule has 0 saturated heterocycles. The molecular formula is C22H23N3O4. The Morgan fingerprint density at radius 1 is 1.10 bits per heavy atom. The van der Waals surface area contributed by atoms with Gasteiger partial charge in [-0.25, -0.2) is 9.48 Å². The topological polar surface area (TPSA) is 74.9 Å². The van der Waals surface area contributed by atoms with Crippen LogP contribution in [0, 0.1) is 0 Å². The molecule has 3 aromatic rings. The molecule has 2 aromatic carbocycles. The summed E-state index contributed by atoms with van der Waals surface area (Å²) in [5.74, 6) is 1.24. The number of amides is 1. The van der Waals surface area contributed by atoms with E-state index >= 15 is 0 Å². The summed E-state index contributed by atoms with van der Waals surface area (Å²) in [6, 6.07) is 18.6. The first-order valence-corrected chi connectivity index (χ1v) is 9.31. The maximum atomic E-state index is 12.1. The van der Waals surface area contributed by atoms with Crippen LogP contribution in [0.2, 0.25) is 0 Å². The molecule has 7 nitrogen and oxygen atoms in total. The summed E-state index contributed by atoms with van der Waals surface area (Å²) < 4.78 is 17.8. The molecule has 0 atom stereocenters. The predicted octanol–water partition coefficient (Wildman–Crippen LogP) is 3.91. The largest absolute Gasteiger partial charge is 0.497 e. The third kappa shape index (κ3) is 5.68. The molecule has 0 aliphatic rings. The van der Waals surface area contributed by atoms with Gasteiger partial charge in [-0.2, -0.15) is 10.1 Å². The third-order valence-electron chi connectivity index (χ3n) is 3.98. The predicted molar refractivity (Wildman–Crippen MR) is 108 cm³/mol. The summed E-state index contributed by atoms with van der Waals surface area (Å²) >= 11 is 0. The molecule has 0 fully saturated rings. The fourth-order valence-corrected chi connectivity index (χ4v) is 2.54. The second-order valence-electron chi connectivity index (χ2n) is 6.16. The van der Waals surface area contributed by atoms with Crippen molar-refractivity contribution >= 4 is 6.09 Å². The quantitative estimate of drug-likeness (QED) is 0.608. The van der Waals surface area contributed by atoms with E-state index in [-0.39, 0.29) is 6.61 Å². The number of hydrogen-bond acceptors (Lipinski definition) is 5. The maximum Gasteiger partial charge on any atom is 0.434 e. The van der Waals surface area contributed by atoms with E-state index in [0.717, 1.165) is 23.4 Å². The molecule has 0 N–H and O–H groups in total. The monoisotopic (exact) mass is 393 g/mol. The van der Waals surface area contributed by atoms with E-state index in [1.54, 1.807) is 30.0 Å². The highest BCUT2D eigenvalue weighted by Crippen LogP contribution is 2.15. The van der Waals surface area contributed by atoms with Crippen molar-refractivity contribution in [3.8, 4) is 17.3 Å². The number of benzene rings is 2. The van der Waals surface area contributed by atoms with Crippen LogP contribution in [0.15, 0.2) is 71.9 Å². The zero-order valence-corrected chi connectivity index (χ0v) is 16.4. The Labute approximate surface area is 169 Å². The van der Waals surface area contributed by atoms with Crippen LogP contribution in [0.3, 0.4) is 0 Å². The summed E-state index contributed by atoms with van der Waals surface area (Å²) in [4.78, 5) is 16.1. The van der Waals surface area contributed by atoms with Gasteiger partial charge in [-0.3, -0.25) is 0 Å². The minimum Gasteiger partial charge on any atom is -0.497 e.